The van der Waals surface area contributed by atoms with E-state index in [0.717, 1.165) is 18.1 Å². The number of carbonyl (C=O) groups excluding carboxylic acids is 2. The Balaban J connectivity index is 0.00000341. The second-order valence-corrected chi connectivity index (χ2v) is 7.38. The second kappa shape index (κ2) is 11.7. The molecule has 0 spiro atoms. The molecule has 1 saturated heterocycles. The fourth-order valence-electron chi connectivity index (χ4n) is 3.62. The van der Waals surface area contributed by atoms with Gasteiger partial charge < -0.3 is 24.7 Å². The Hall–Kier alpha value is -2.56. The van der Waals surface area contributed by atoms with Crippen LogP contribution in [0.5, 0.6) is 0 Å². The summed E-state index contributed by atoms with van der Waals surface area (Å²) >= 11 is 0. The van der Waals surface area contributed by atoms with Crippen molar-refractivity contribution in [3.63, 3.8) is 0 Å². The molecular weight excluding hydrogens is 511 g/mol. The molecule has 2 N–H and O–H groups in total. The van der Waals surface area contributed by atoms with E-state index in [0.29, 0.717) is 31.0 Å². The van der Waals surface area contributed by atoms with Crippen LogP contribution in [0.2, 0.25) is 0 Å². The van der Waals surface area contributed by atoms with Crippen LogP contribution in [0, 0.1) is 11.8 Å². The molecule has 8 nitrogen and oxygen atoms in total. The Labute approximate surface area is 199 Å². The minimum atomic E-state index is -0.186. The number of ether oxygens (including phenoxy) is 1. The normalized spacial score (nSPS) is 18.3. The van der Waals surface area contributed by atoms with Gasteiger partial charge >= 0.3 is 5.97 Å². The summed E-state index contributed by atoms with van der Waals surface area (Å²) in [5.41, 5.74) is 1.54. The molecule has 0 radical (unpaired) electrons. The zero-order chi connectivity index (χ0) is 21.5. The molecule has 31 heavy (non-hydrogen) atoms. The maximum absolute atomic E-state index is 12.4. The van der Waals surface area contributed by atoms with Crippen LogP contribution in [-0.2, 0) is 22.6 Å². The van der Waals surface area contributed by atoms with E-state index in [9.17, 15) is 9.59 Å². The molecule has 1 aliphatic heterocycles. The molecule has 2 unspecified atom stereocenters. The van der Waals surface area contributed by atoms with Crippen LogP contribution in [0.4, 0.5) is 0 Å². The lowest BCUT2D eigenvalue weighted by atomic mass is 9.99. The Bertz CT molecular complexity index is 901. The van der Waals surface area contributed by atoms with Gasteiger partial charge in [-0.25, -0.2) is 0 Å². The number of esters is 1. The summed E-state index contributed by atoms with van der Waals surface area (Å²) in [5, 5.41) is 6.17. The predicted molar refractivity (Wildman–Crippen MR) is 128 cm³/mol. The van der Waals surface area contributed by atoms with E-state index in [-0.39, 0.29) is 47.7 Å². The first-order chi connectivity index (χ1) is 14.5. The molecule has 3 rings (SSSR count). The summed E-state index contributed by atoms with van der Waals surface area (Å²) in [6, 6.07) is 11.0. The van der Waals surface area contributed by atoms with Gasteiger partial charge in [0.15, 0.2) is 5.96 Å². The number of rotatable bonds is 6. The van der Waals surface area contributed by atoms with Crippen LogP contribution < -0.4 is 10.6 Å². The van der Waals surface area contributed by atoms with E-state index in [1.807, 2.05) is 31.2 Å². The highest BCUT2D eigenvalue weighted by molar-refractivity contribution is 14.0. The third-order valence-corrected chi connectivity index (χ3v) is 5.27. The molecule has 1 fully saturated rings. The first-order valence-corrected chi connectivity index (χ1v) is 9.94. The van der Waals surface area contributed by atoms with E-state index in [1.165, 1.54) is 7.11 Å². The van der Waals surface area contributed by atoms with E-state index < -0.39 is 0 Å². The van der Waals surface area contributed by atoms with Crippen molar-refractivity contribution in [3.8, 4) is 0 Å². The third-order valence-electron chi connectivity index (χ3n) is 5.27. The lowest BCUT2D eigenvalue weighted by Gasteiger charge is -2.21. The molecule has 1 aliphatic rings. The molecule has 2 atom stereocenters. The molecule has 9 heteroatoms. The SMILES string of the molecule is CN=C(NCc1cccc(C(=O)NCc2ccco2)c1)N1CC(C)C(C(=O)OC)C1.I. The maximum atomic E-state index is 12.4. The molecule has 0 bridgehead atoms. The molecular formula is C22H29IN4O4. The lowest BCUT2D eigenvalue weighted by Crippen LogP contribution is -2.40. The first-order valence-electron chi connectivity index (χ1n) is 9.94. The predicted octanol–water partition coefficient (Wildman–Crippen LogP) is 2.64. The van der Waals surface area contributed by atoms with Crippen molar-refractivity contribution in [2.75, 3.05) is 27.2 Å². The summed E-state index contributed by atoms with van der Waals surface area (Å²) in [6.45, 7) is 4.20. The molecule has 1 amide bonds. The Morgan fingerprint density at radius 1 is 1.19 bits per heavy atom. The Kier molecular flexibility index (Phi) is 9.35. The summed E-state index contributed by atoms with van der Waals surface area (Å²) in [5.74, 6) is 1.11. The minimum Gasteiger partial charge on any atom is -0.469 e. The lowest BCUT2D eigenvalue weighted by molar-refractivity contribution is -0.145. The highest BCUT2D eigenvalue weighted by atomic mass is 127. The monoisotopic (exact) mass is 540 g/mol. The number of carbonyl (C=O) groups is 2. The van der Waals surface area contributed by atoms with Crippen LogP contribution in [0.25, 0.3) is 0 Å². The van der Waals surface area contributed by atoms with Gasteiger partial charge in [-0.3, -0.25) is 14.6 Å². The van der Waals surface area contributed by atoms with Crippen LogP contribution >= 0.6 is 24.0 Å². The zero-order valence-electron chi connectivity index (χ0n) is 18.0. The first kappa shape index (κ1) is 24.7. The smallest absolute Gasteiger partial charge is 0.310 e. The number of amides is 1. The van der Waals surface area contributed by atoms with Gasteiger partial charge in [-0.15, -0.1) is 24.0 Å². The summed E-state index contributed by atoms with van der Waals surface area (Å²) in [6.07, 6.45) is 1.58. The van der Waals surface area contributed by atoms with Crippen molar-refractivity contribution < 1.29 is 18.7 Å². The van der Waals surface area contributed by atoms with Gasteiger partial charge in [0.25, 0.3) is 5.91 Å². The average molecular weight is 540 g/mol. The van der Waals surface area contributed by atoms with Crippen molar-refractivity contribution in [1.82, 2.24) is 15.5 Å². The zero-order valence-corrected chi connectivity index (χ0v) is 20.3. The highest BCUT2D eigenvalue weighted by Crippen LogP contribution is 2.24. The minimum absolute atomic E-state index is 0. The Morgan fingerprint density at radius 2 is 2.00 bits per heavy atom. The Morgan fingerprint density at radius 3 is 2.68 bits per heavy atom. The summed E-state index contributed by atoms with van der Waals surface area (Å²) in [7, 11) is 3.14. The van der Waals surface area contributed by atoms with Gasteiger partial charge in [-0.05, 0) is 35.7 Å². The molecule has 0 saturated carbocycles. The van der Waals surface area contributed by atoms with Crippen molar-refractivity contribution in [3.05, 3.63) is 59.5 Å². The van der Waals surface area contributed by atoms with E-state index in [2.05, 4.69) is 20.5 Å². The highest BCUT2D eigenvalue weighted by Gasteiger charge is 2.36. The fourth-order valence-corrected chi connectivity index (χ4v) is 3.62. The molecule has 1 aromatic carbocycles. The molecule has 1 aromatic heterocycles. The maximum Gasteiger partial charge on any atom is 0.310 e. The number of hydrogen-bond donors (Lipinski definition) is 2. The fraction of sp³-hybridized carbons (Fsp3) is 0.409. The summed E-state index contributed by atoms with van der Waals surface area (Å²) < 4.78 is 10.1. The number of nitrogens with zero attached hydrogens (tertiary/aromatic N) is 2. The average Bonchev–Trinajstić information content (AvgIpc) is 3.42. The van der Waals surface area contributed by atoms with Crippen LogP contribution in [-0.4, -0.2) is 50.0 Å². The standard InChI is InChI=1S/C22H28N4O4.HI/c1-15-13-26(14-19(15)21(28)29-3)22(23-2)25-11-16-6-4-7-17(10-16)20(27)24-12-18-8-5-9-30-18;/h4-10,15,19H,11-14H2,1-3H3,(H,23,25)(H,24,27);1H. The van der Waals surface area contributed by atoms with Gasteiger partial charge in [0.1, 0.15) is 5.76 Å². The third kappa shape index (κ3) is 6.46. The van der Waals surface area contributed by atoms with E-state index in [1.54, 1.807) is 25.4 Å². The van der Waals surface area contributed by atoms with Crippen LogP contribution in [0.1, 0.15) is 28.6 Å². The van der Waals surface area contributed by atoms with Crippen molar-refractivity contribution in [1.29, 1.82) is 0 Å². The number of benzene rings is 1. The van der Waals surface area contributed by atoms with Crippen LogP contribution in [0.3, 0.4) is 0 Å². The van der Waals surface area contributed by atoms with Gasteiger partial charge in [-0.1, -0.05) is 19.1 Å². The van der Waals surface area contributed by atoms with Gasteiger partial charge in [-0.2, -0.15) is 0 Å². The van der Waals surface area contributed by atoms with Gasteiger partial charge in [0.05, 0.1) is 25.8 Å². The number of hydrogen-bond acceptors (Lipinski definition) is 5. The van der Waals surface area contributed by atoms with E-state index in [4.69, 9.17) is 9.15 Å². The van der Waals surface area contributed by atoms with Crippen molar-refractivity contribution >= 4 is 41.8 Å². The van der Waals surface area contributed by atoms with Crippen LogP contribution in [0.15, 0.2) is 52.1 Å². The number of aliphatic imine (C=N–C) groups is 1. The summed E-state index contributed by atoms with van der Waals surface area (Å²) in [4.78, 5) is 30.8. The number of likely N-dealkylation sites (tertiary alicyclic amines) is 1. The molecule has 2 heterocycles. The molecule has 0 aliphatic carbocycles. The van der Waals surface area contributed by atoms with E-state index >= 15 is 0 Å². The van der Waals surface area contributed by atoms with Gasteiger partial charge in [0, 0.05) is 32.2 Å². The van der Waals surface area contributed by atoms with Crippen molar-refractivity contribution in [2.45, 2.75) is 20.0 Å². The number of furan rings is 1. The van der Waals surface area contributed by atoms with Crippen molar-refractivity contribution in [2.24, 2.45) is 16.8 Å². The topological polar surface area (TPSA) is 96.2 Å². The number of halogens is 1. The van der Waals surface area contributed by atoms with Gasteiger partial charge in [0.2, 0.25) is 0 Å². The quantitative estimate of drug-likeness (QED) is 0.253. The number of guanidine groups is 1. The molecule has 2 aromatic rings. The second-order valence-electron chi connectivity index (χ2n) is 7.38. The largest absolute Gasteiger partial charge is 0.469 e. The molecule has 168 valence electrons. The number of methoxy groups -OCH3 is 1. The number of nitrogens with one attached hydrogen (secondary N) is 2.